The minimum Gasteiger partial charge on any atom is -0.480 e. The van der Waals surface area contributed by atoms with Gasteiger partial charge < -0.3 is 16.2 Å². The van der Waals surface area contributed by atoms with Gasteiger partial charge in [-0.15, -0.1) is 0 Å². The number of carboxylic acids is 1. The van der Waals surface area contributed by atoms with Crippen molar-refractivity contribution in [3.05, 3.63) is 36.4 Å². The minimum atomic E-state index is -1.07. The second-order valence-electron chi connectivity index (χ2n) is 3.05. The zero-order valence-electron chi connectivity index (χ0n) is 9.09. The maximum absolute atomic E-state index is 10.5. The molecule has 0 spiro atoms. The molecule has 0 saturated heterocycles. The maximum Gasteiger partial charge on any atom is 0.322 e. The Labute approximate surface area is 94.3 Å². The lowest BCUT2D eigenvalue weighted by Gasteiger charge is -2.03. The molecule has 88 valence electrons. The second kappa shape index (κ2) is 8.43. The summed E-state index contributed by atoms with van der Waals surface area (Å²) in [6, 6.07) is 11.3. The first-order valence-corrected chi connectivity index (χ1v) is 4.79. The standard InChI is InChI=1S/C6H6.C5H10N2O3/c1-2-4-6-5-3-1;1-3(6)5(10)7-2-4(8)9/h1-6H;3H,2,6H2,1H3,(H,7,10)(H,8,9). The molecule has 4 N–H and O–H groups in total. The van der Waals surface area contributed by atoms with Gasteiger partial charge in [-0.1, -0.05) is 36.4 Å². The van der Waals surface area contributed by atoms with Gasteiger partial charge in [0, 0.05) is 0 Å². The Hall–Kier alpha value is -1.88. The van der Waals surface area contributed by atoms with Gasteiger partial charge in [-0.3, -0.25) is 9.59 Å². The highest BCUT2D eigenvalue weighted by molar-refractivity contribution is 5.84. The van der Waals surface area contributed by atoms with Gasteiger partial charge in [0.25, 0.3) is 0 Å². The van der Waals surface area contributed by atoms with E-state index in [2.05, 4.69) is 5.32 Å². The lowest BCUT2D eigenvalue weighted by molar-refractivity contribution is -0.138. The van der Waals surface area contributed by atoms with Gasteiger partial charge in [-0.05, 0) is 6.92 Å². The van der Waals surface area contributed by atoms with Crippen LogP contribution in [0, 0.1) is 0 Å². The molecule has 0 bridgehead atoms. The predicted octanol–water partition coefficient (Wildman–Crippen LogP) is 0.221. The number of amides is 1. The van der Waals surface area contributed by atoms with Crippen LogP contribution in [0.1, 0.15) is 6.92 Å². The summed E-state index contributed by atoms with van der Waals surface area (Å²) in [4.78, 5) is 20.4. The fraction of sp³-hybridized carbons (Fsp3) is 0.273. The van der Waals surface area contributed by atoms with E-state index < -0.39 is 17.9 Å². The van der Waals surface area contributed by atoms with Crippen LogP contribution >= 0.6 is 0 Å². The van der Waals surface area contributed by atoms with Gasteiger partial charge in [0.2, 0.25) is 5.91 Å². The first-order valence-electron chi connectivity index (χ1n) is 4.79. The molecule has 1 rings (SSSR count). The van der Waals surface area contributed by atoms with Crippen LogP contribution in [0.25, 0.3) is 0 Å². The van der Waals surface area contributed by atoms with E-state index in [1.54, 1.807) is 0 Å². The van der Waals surface area contributed by atoms with Crippen molar-refractivity contribution < 1.29 is 14.7 Å². The normalized spacial score (nSPS) is 10.6. The van der Waals surface area contributed by atoms with Crippen LogP contribution in [0.15, 0.2) is 36.4 Å². The molecular formula is C11H16N2O3. The van der Waals surface area contributed by atoms with Crippen molar-refractivity contribution in [2.75, 3.05) is 6.54 Å². The van der Waals surface area contributed by atoms with Gasteiger partial charge in [0.15, 0.2) is 0 Å². The molecule has 1 aromatic carbocycles. The lowest BCUT2D eigenvalue weighted by Crippen LogP contribution is -2.40. The van der Waals surface area contributed by atoms with Crippen LogP contribution in [-0.2, 0) is 9.59 Å². The number of hydrogen-bond acceptors (Lipinski definition) is 3. The molecule has 16 heavy (non-hydrogen) atoms. The van der Waals surface area contributed by atoms with E-state index in [-0.39, 0.29) is 6.54 Å². The van der Waals surface area contributed by atoms with Gasteiger partial charge in [0.05, 0.1) is 6.04 Å². The second-order valence-corrected chi connectivity index (χ2v) is 3.05. The number of nitrogens with two attached hydrogens (primary N) is 1. The van der Waals surface area contributed by atoms with E-state index in [0.29, 0.717) is 0 Å². The highest BCUT2D eigenvalue weighted by Gasteiger charge is 2.07. The number of carbonyl (C=O) groups excluding carboxylic acids is 1. The molecule has 0 aromatic heterocycles. The average molecular weight is 224 g/mol. The molecule has 0 aliphatic heterocycles. The topological polar surface area (TPSA) is 92.4 Å². The third-order valence-electron chi connectivity index (χ3n) is 1.49. The van der Waals surface area contributed by atoms with Gasteiger partial charge >= 0.3 is 5.97 Å². The van der Waals surface area contributed by atoms with Crippen molar-refractivity contribution in [2.24, 2.45) is 5.73 Å². The van der Waals surface area contributed by atoms with Crippen molar-refractivity contribution >= 4 is 11.9 Å². The third kappa shape index (κ3) is 8.71. The Morgan fingerprint density at radius 1 is 1.19 bits per heavy atom. The van der Waals surface area contributed by atoms with E-state index >= 15 is 0 Å². The number of carbonyl (C=O) groups is 2. The van der Waals surface area contributed by atoms with E-state index in [1.807, 2.05) is 36.4 Å². The Kier molecular flexibility index (Phi) is 7.44. The Morgan fingerprint density at radius 2 is 1.56 bits per heavy atom. The van der Waals surface area contributed by atoms with Crippen LogP contribution in [0.2, 0.25) is 0 Å². The molecule has 0 aliphatic rings. The monoisotopic (exact) mass is 224 g/mol. The quantitative estimate of drug-likeness (QED) is 0.684. The smallest absolute Gasteiger partial charge is 0.322 e. The molecule has 1 aromatic rings. The molecule has 0 fully saturated rings. The molecule has 0 aliphatic carbocycles. The Balaban J connectivity index is 0.000000315. The molecule has 5 nitrogen and oxygen atoms in total. The maximum atomic E-state index is 10.5. The zero-order valence-corrected chi connectivity index (χ0v) is 9.09. The SMILES string of the molecule is CC(N)C(=O)NCC(=O)O.c1ccccc1. The van der Waals surface area contributed by atoms with Gasteiger partial charge in [-0.25, -0.2) is 0 Å². The highest BCUT2D eigenvalue weighted by Crippen LogP contribution is 1.79. The predicted molar refractivity (Wildman–Crippen MR) is 60.7 cm³/mol. The highest BCUT2D eigenvalue weighted by atomic mass is 16.4. The molecule has 5 heteroatoms. The van der Waals surface area contributed by atoms with Crippen molar-refractivity contribution in [1.29, 1.82) is 0 Å². The summed E-state index contributed by atoms with van der Waals surface area (Å²) in [5, 5.41) is 10.2. The first kappa shape index (κ1) is 14.1. The van der Waals surface area contributed by atoms with Crippen LogP contribution in [0.5, 0.6) is 0 Å². The van der Waals surface area contributed by atoms with Crippen molar-refractivity contribution in [3.8, 4) is 0 Å². The number of rotatable bonds is 3. The van der Waals surface area contributed by atoms with Crippen molar-refractivity contribution in [3.63, 3.8) is 0 Å². The summed E-state index contributed by atoms with van der Waals surface area (Å²) in [5.41, 5.74) is 5.12. The molecule has 1 amide bonds. The fourth-order valence-corrected chi connectivity index (χ4v) is 0.709. The number of benzene rings is 1. The summed E-state index contributed by atoms with van der Waals surface area (Å²) in [5.74, 6) is -1.53. The summed E-state index contributed by atoms with van der Waals surface area (Å²) >= 11 is 0. The number of aliphatic carboxylic acids is 1. The molecule has 0 heterocycles. The summed E-state index contributed by atoms with van der Waals surface area (Å²) in [6.45, 7) is 1.11. The molecular weight excluding hydrogens is 208 g/mol. The summed E-state index contributed by atoms with van der Waals surface area (Å²) in [6.07, 6.45) is 0. The number of nitrogens with one attached hydrogen (secondary N) is 1. The summed E-state index contributed by atoms with van der Waals surface area (Å²) < 4.78 is 0. The van der Waals surface area contributed by atoms with Crippen molar-refractivity contribution in [2.45, 2.75) is 13.0 Å². The first-order chi connectivity index (χ1) is 7.54. The largest absolute Gasteiger partial charge is 0.480 e. The third-order valence-corrected chi connectivity index (χ3v) is 1.49. The molecule has 0 radical (unpaired) electrons. The molecule has 1 unspecified atom stereocenters. The lowest BCUT2D eigenvalue weighted by atomic mass is 10.3. The van der Waals surface area contributed by atoms with Crippen molar-refractivity contribution in [1.82, 2.24) is 5.32 Å². The molecule has 1 atom stereocenters. The van der Waals surface area contributed by atoms with Crippen LogP contribution < -0.4 is 11.1 Å². The minimum absolute atomic E-state index is 0.375. The average Bonchev–Trinajstić information content (AvgIpc) is 2.28. The zero-order chi connectivity index (χ0) is 12.4. The molecule has 0 saturated carbocycles. The fourth-order valence-electron chi connectivity index (χ4n) is 0.709. The number of carboxylic acid groups (broad SMARTS) is 1. The van der Waals surface area contributed by atoms with Crippen LogP contribution in [0.3, 0.4) is 0 Å². The van der Waals surface area contributed by atoms with Gasteiger partial charge in [-0.2, -0.15) is 0 Å². The van der Waals surface area contributed by atoms with E-state index in [4.69, 9.17) is 10.8 Å². The van der Waals surface area contributed by atoms with Crippen LogP contribution in [-0.4, -0.2) is 29.6 Å². The van der Waals surface area contributed by atoms with Gasteiger partial charge in [0.1, 0.15) is 6.54 Å². The van der Waals surface area contributed by atoms with Crippen LogP contribution in [0.4, 0.5) is 0 Å². The summed E-state index contributed by atoms with van der Waals surface area (Å²) in [7, 11) is 0. The van der Waals surface area contributed by atoms with E-state index in [9.17, 15) is 9.59 Å². The Bertz CT molecular complexity index is 286. The number of hydrogen-bond donors (Lipinski definition) is 3. The Morgan fingerprint density at radius 3 is 1.81 bits per heavy atom. The van der Waals surface area contributed by atoms with E-state index in [1.165, 1.54) is 6.92 Å². The van der Waals surface area contributed by atoms with E-state index in [0.717, 1.165) is 0 Å².